The van der Waals surface area contributed by atoms with E-state index in [4.69, 9.17) is 16.3 Å². The Kier molecular flexibility index (Phi) is 4.27. The number of amides is 2. The minimum atomic E-state index is -0.495. The van der Waals surface area contributed by atoms with Gasteiger partial charge in [0.1, 0.15) is 11.8 Å². The highest BCUT2D eigenvalue weighted by Crippen LogP contribution is 2.22. The molecule has 1 fully saturated rings. The first-order chi connectivity index (χ1) is 9.11. The third-order valence-electron chi connectivity index (χ3n) is 3.00. The summed E-state index contributed by atoms with van der Waals surface area (Å²) < 4.78 is 5.12. The van der Waals surface area contributed by atoms with Crippen molar-refractivity contribution in [2.45, 2.75) is 18.9 Å². The third kappa shape index (κ3) is 3.17. The number of rotatable bonds is 3. The maximum Gasteiger partial charge on any atom is 0.255 e. The van der Waals surface area contributed by atoms with E-state index in [2.05, 4.69) is 10.6 Å². The summed E-state index contributed by atoms with van der Waals surface area (Å²) in [6.45, 7) is 0.658. The Morgan fingerprint density at radius 1 is 1.53 bits per heavy atom. The van der Waals surface area contributed by atoms with Gasteiger partial charge in [-0.2, -0.15) is 0 Å². The molecule has 6 heteroatoms. The zero-order valence-corrected chi connectivity index (χ0v) is 11.3. The Hall–Kier alpha value is -1.75. The molecule has 0 saturated carbocycles. The smallest absolute Gasteiger partial charge is 0.255 e. The Morgan fingerprint density at radius 3 is 3.00 bits per heavy atom. The van der Waals surface area contributed by atoms with Crippen molar-refractivity contribution < 1.29 is 14.3 Å². The van der Waals surface area contributed by atoms with E-state index in [0.29, 0.717) is 29.3 Å². The molecular weight excluding hydrogens is 268 g/mol. The summed E-state index contributed by atoms with van der Waals surface area (Å²) in [5.74, 6) is -0.0832. The molecule has 0 spiro atoms. The second kappa shape index (κ2) is 5.93. The van der Waals surface area contributed by atoms with Crippen LogP contribution in [0.5, 0.6) is 5.75 Å². The lowest BCUT2D eigenvalue weighted by Crippen LogP contribution is -2.50. The highest BCUT2D eigenvalue weighted by atomic mass is 35.5. The number of carbonyl (C=O) groups excluding carboxylic acids is 2. The number of hydrogen-bond acceptors (Lipinski definition) is 3. The molecule has 2 N–H and O–H groups in total. The first kappa shape index (κ1) is 13.7. The molecule has 1 heterocycles. The van der Waals surface area contributed by atoms with Crippen LogP contribution in [-0.2, 0) is 4.79 Å². The molecule has 1 aliphatic heterocycles. The average Bonchev–Trinajstić information content (AvgIpc) is 2.41. The minimum absolute atomic E-state index is 0.152. The van der Waals surface area contributed by atoms with Gasteiger partial charge in [0.2, 0.25) is 5.91 Å². The van der Waals surface area contributed by atoms with Crippen molar-refractivity contribution in [2.24, 2.45) is 0 Å². The van der Waals surface area contributed by atoms with Crippen molar-refractivity contribution in [3.8, 4) is 5.75 Å². The van der Waals surface area contributed by atoms with Crippen molar-refractivity contribution in [3.63, 3.8) is 0 Å². The molecule has 0 unspecified atom stereocenters. The zero-order valence-electron chi connectivity index (χ0n) is 10.5. The quantitative estimate of drug-likeness (QED) is 0.879. The Morgan fingerprint density at radius 2 is 2.32 bits per heavy atom. The standard InChI is InChI=1S/C13H15ClN2O3/c1-19-11-5-4-8(14)7-9(11)12(17)16-10-3-2-6-15-13(10)18/h4-5,7,10H,2-3,6H2,1H3,(H,15,18)(H,16,17)/t10-/m0/s1. The van der Waals surface area contributed by atoms with Crippen LogP contribution in [0.3, 0.4) is 0 Å². The molecule has 2 rings (SSSR count). The fourth-order valence-corrected chi connectivity index (χ4v) is 2.18. The van der Waals surface area contributed by atoms with Gasteiger partial charge in [-0.1, -0.05) is 11.6 Å². The summed E-state index contributed by atoms with van der Waals surface area (Å²) in [7, 11) is 1.48. The molecule has 0 aromatic heterocycles. The predicted molar refractivity (Wildman–Crippen MR) is 71.5 cm³/mol. The number of halogens is 1. The Labute approximate surface area is 116 Å². The van der Waals surface area contributed by atoms with E-state index in [0.717, 1.165) is 6.42 Å². The largest absolute Gasteiger partial charge is 0.496 e. The highest BCUT2D eigenvalue weighted by Gasteiger charge is 2.25. The monoisotopic (exact) mass is 282 g/mol. The summed E-state index contributed by atoms with van der Waals surface area (Å²) in [5, 5.41) is 5.86. The van der Waals surface area contributed by atoms with Crippen LogP contribution in [0.4, 0.5) is 0 Å². The average molecular weight is 283 g/mol. The first-order valence-electron chi connectivity index (χ1n) is 6.04. The van der Waals surface area contributed by atoms with Gasteiger partial charge < -0.3 is 15.4 Å². The molecule has 1 atom stereocenters. The topological polar surface area (TPSA) is 67.4 Å². The van der Waals surface area contributed by atoms with Crippen LogP contribution in [-0.4, -0.2) is 31.5 Å². The maximum atomic E-state index is 12.2. The number of carbonyl (C=O) groups is 2. The molecule has 0 aliphatic carbocycles. The lowest BCUT2D eigenvalue weighted by atomic mass is 10.1. The number of benzene rings is 1. The second-order valence-electron chi connectivity index (χ2n) is 4.30. The van der Waals surface area contributed by atoms with Crippen molar-refractivity contribution >= 4 is 23.4 Å². The van der Waals surface area contributed by atoms with Gasteiger partial charge in [-0.3, -0.25) is 9.59 Å². The van der Waals surface area contributed by atoms with Crippen LogP contribution in [0.1, 0.15) is 23.2 Å². The predicted octanol–water partition coefficient (Wildman–Crippen LogP) is 1.36. The molecule has 102 valence electrons. The van der Waals surface area contributed by atoms with Crippen molar-refractivity contribution in [1.29, 1.82) is 0 Å². The van der Waals surface area contributed by atoms with Crippen LogP contribution in [0, 0.1) is 0 Å². The van der Waals surface area contributed by atoms with Crippen LogP contribution in [0.15, 0.2) is 18.2 Å². The summed E-state index contributed by atoms with van der Waals surface area (Å²) in [6, 6.07) is 4.30. The van der Waals surface area contributed by atoms with Gasteiger partial charge >= 0.3 is 0 Å². The third-order valence-corrected chi connectivity index (χ3v) is 3.23. The summed E-state index contributed by atoms with van der Waals surface area (Å²) >= 11 is 5.87. The van der Waals surface area contributed by atoms with E-state index in [-0.39, 0.29) is 11.8 Å². The van der Waals surface area contributed by atoms with E-state index in [1.807, 2.05) is 0 Å². The molecule has 0 bridgehead atoms. The van der Waals surface area contributed by atoms with Gasteiger partial charge in [-0.15, -0.1) is 0 Å². The SMILES string of the molecule is COc1ccc(Cl)cc1C(=O)N[C@H]1CCCNC1=O. The molecule has 1 aromatic carbocycles. The van der Waals surface area contributed by atoms with E-state index in [1.165, 1.54) is 13.2 Å². The van der Waals surface area contributed by atoms with Crippen LogP contribution in [0.25, 0.3) is 0 Å². The number of methoxy groups -OCH3 is 1. The van der Waals surface area contributed by atoms with Crippen molar-refractivity contribution in [1.82, 2.24) is 10.6 Å². The lowest BCUT2D eigenvalue weighted by Gasteiger charge is -2.23. The molecule has 1 aromatic rings. The second-order valence-corrected chi connectivity index (χ2v) is 4.74. The van der Waals surface area contributed by atoms with Crippen molar-refractivity contribution in [2.75, 3.05) is 13.7 Å². The Bertz CT molecular complexity index is 505. The van der Waals surface area contributed by atoms with Gasteiger partial charge in [-0.25, -0.2) is 0 Å². The molecule has 0 radical (unpaired) electrons. The molecule has 19 heavy (non-hydrogen) atoms. The van der Waals surface area contributed by atoms with Crippen molar-refractivity contribution in [3.05, 3.63) is 28.8 Å². The van der Waals surface area contributed by atoms with Gasteiger partial charge in [0, 0.05) is 11.6 Å². The number of nitrogens with one attached hydrogen (secondary N) is 2. The molecule has 1 aliphatic rings. The summed E-state index contributed by atoms with van der Waals surface area (Å²) in [6.07, 6.45) is 1.49. The zero-order chi connectivity index (χ0) is 13.8. The molecule has 2 amide bonds. The van der Waals surface area contributed by atoms with E-state index < -0.39 is 6.04 Å². The minimum Gasteiger partial charge on any atom is -0.496 e. The number of hydrogen-bond donors (Lipinski definition) is 2. The fourth-order valence-electron chi connectivity index (χ4n) is 2.00. The Balaban J connectivity index is 2.15. The maximum absolute atomic E-state index is 12.2. The van der Waals surface area contributed by atoms with E-state index in [9.17, 15) is 9.59 Å². The highest BCUT2D eigenvalue weighted by molar-refractivity contribution is 6.31. The van der Waals surface area contributed by atoms with Gasteiger partial charge in [0.05, 0.1) is 12.7 Å². The fraction of sp³-hybridized carbons (Fsp3) is 0.385. The molecule has 1 saturated heterocycles. The normalized spacial score (nSPS) is 18.6. The van der Waals surface area contributed by atoms with Gasteiger partial charge in [-0.05, 0) is 31.0 Å². The number of piperidine rings is 1. The van der Waals surface area contributed by atoms with Gasteiger partial charge in [0.25, 0.3) is 5.91 Å². The summed E-state index contributed by atoms with van der Waals surface area (Å²) in [5.41, 5.74) is 0.327. The van der Waals surface area contributed by atoms with E-state index in [1.54, 1.807) is 12.1 Å². The molecular formula is C13H15ClN2O3. The van der Waals surface area contributed by atoms with Gasteiger partial charge in [0.15, 0.2) is 0 Å². The first-order valence-corrected chi connectivity index (χ1v) is 6.41. The van der Waals surface area contributed by atoms with E-state index >= 15 is 0 Å². The van der Waals surface area contributed by atoms with Crippen LogP contribution < -0.4 is 15.4 Å². The van der Waals surface area contributed by atoms with Crippen LogP contribution in [0.2, 0.25) is 5.02 Å². The van der Waals surface area contributed by atoms with Crippen LogP contribution >= 0.6 is 11.6 Å². The number of ether oxygens (including phenoxy) is 1. The lowest BCUT2D eigenvalue weighted by molar-refractivity contribution is -0.124. The molecule has 5 nitrogen and oxygen atoms in total. The summed E-state index contributed by atoms with van der Waals surface area (Å²) in [4.78, 5) is 23.8.